The predicted molar refractivity (Wildman–Crippen MR) is 67.3 cm³/mol. The van der Waals surface area contributed by atoms with Gasteiger partial charge in [0.1, 0.15) is 0 Å². The minimum Gasteiger partial charge on any atom is -0.461 e. The third-order valence-corrected chi connectivity index (χ3v) is 3.24. The summed E-state index contributed by atoms with van der Waals surface area (Å²) in [7, 11) is 0. The summed E-state index contributed by atoms with van der Waals surface area (Å²) < 4.78 is 10.3. The average molecular weight is 261 g/mol. The molecule has 6 heteroatoms. The summed E-state index contributed by atoms with van der Waals surface area (Å²) in [6.07, 6.45) is 3.43. The lowest BCUT2D eigenvalue weighted by molar-refractivity contribution is 0.0698. The van der Waals surface area contributed by atoms with Gasteiger partial charge in [0.2, 0.25) is 5.76 Å². The first-order valence-corrected chi connectivity index (χ1v) is 6.29. The predicted octanol–water partition coefficient (Wildman–Crippen LogP) is 1.50. The molecular formula is C13H15N3O3. The van der Waals surface area contributed by atoms with E-state index in [1.807, 2.05) is 0 Å². The molecule has 0 bridgehead atoms. The first-order valence-electron chi connectivity index (χ1n) is 6.29. The van der Waals surface area contributed by atoms with Crippen LogP contribution in [0, 0.1) is 0 Å². The molecule has 3 heterocycles. The third-order valence-electron chi connectivity index (χ3n) is 3.24. The van der Waals surface area contributed by atoms with E-state index in [9.17, 15) is 4.79 Å². The Morgan fingerprint density at radius 3 is 3.11 bits per heavy atom. The zero-order valence-corrected chi connectivity index (χ0v) is 10.4. The molecule has 6 nitrogen and oxygen atoms in total. The summed E-state index contributed by atoms with van der Waals surface area (Å²) in [4.78, 5) is 14.0. The van der Waals surface area contributed by atoms with E-state index >= 15 is 0 Å². The quantitative estimate of drug-likeness (QED) is 0.885. The highest BCUT2D eigenvalue weighted by molar-refractivity contribution is 5.93. The van der Waals surface area contributed by atoms with E-state index in [-0.39, 0.29) is 11.9 Å². The lowest BCUT2D eigenvalue weighted by Crippen LogP contribution is -2.45. The van der Waals surface area contributed by atoms with Crippen LogP contribution in [0.5, 0.6) is 0 Å². The van der Waals surface area contributed by atoms with Gasteiger partial charge in [0.15, 0.2) is 11.5 Å². The fraction of sp³-hybridized carbons (Fsp3) is 0.385. The van der Waals surface area contributed by atoms with Crippen LogP contribution >= 0.6 is 0 Å². The molecule has 1 fully saturated rings. The van der Waals surface area contributed by atoms with Gasteiger partial charge in [-0.05, 0) is 25.0 Å². The van der Waals surface area contributed by atoms with Gasteiger partial charge in [-0.2, -0.15) is 0 Å². The fourth-order valence-electron chi connectivity index (χ4n) is 2.27. The Morgan fingerprint density at radius 2 is 2.37 bits per heavy atom. The van der Waals surface area contributed by atoms with Crippen molar-refractivity contribution in [2.24, 2.45) is 5.73 Å². The second kappa shape index (κ2) is 4.89. The van der Waals surface area contributed by atoms with Crippen LogP contribution < -0.4 is 5.73 Å². The Hall–Kier alpha value is -2.08. The number of nitrogens with zero attached hydrogens (tertiary/aromatic N) is 2. The lowest BCUT2D eigenvalue weighted by atomic mass is 10.1. The molecule has 19 heavy (non-hydrogen) atoms. The van der Waals surface area contributed by atoms with E-state index in [0.29, 0.717) is 23.8 Å². The number of amides is 1. The standard InChI is InChI=1S/C13H15N3O3/c14-9-3-1-5-16(8-9)13(17)10-7-12(19-15-10)11-4-2-6-18-11/h2,4,6-7,9H,1,3,5,8,14H2. The molecule has 0 radical (unpaired) electrons. The first-order chi connectivity index (χ1) is 9.24. The molecule has 0 saturated carbocycles. The Morgan fingerprint density at radius 1 is 1.47 bits per heavy atom. The molecule has 100 valence electrons. The highest BCUT2D eigenvalue weighted by atomic mass is 16.5. The normalized spacial score (nSPS) is 19.6. The molecule has 3 rings (SSSR count). The number of aromatic nitrogens is 1. The summed E-state index contributed by atoms with van der Waals surface area (Å²) >= 11 is 0. The Balaban J connectivity index is 1.77. The molecule has 0 spiro atoms. The van der Waals surface area contributed by atoms with Crippen LogP contribution in [-0.2, 0) is 0 Å². The van der Waals surface area contributed by atoms with Crippen molar-refractivity contribution in [1.29, 1.82) is 0 Å². The maximum absolute atomic E-state index is 12.2. The van der Waals surface area contributed by atoms with E-state index in [2.05, 4.69) is 5.16 Å². The summed E-state index contributed by atoms with van der Waals surface area (Å²) in [6, 6.07) is 5.16. The Kier molecular flexibility index (Phi) is 3.08. The van der Waals surface area contributed by atoms with Gasteiger partial charge in [0.05, 0.1) is 6.26 Å². The first kappa shape index (κ1) is 12.0. The van der Waals surface area contributed by atoms with Gasteiger partial charge < -0.3 is 19.6 Å². The number of rotatable bonds is 2. The van der Waals surface area contributed by atoms with Crippen molar-refractivity contribution in [1.82, 2.24) is 10.1 Å². The number of piperidine rings is 1. The summed E-state index contributed by atoms with van der Waals surface area (Å²) in [5.41, 5.74) is 6.16. The molecule has 1 amide bonds. The SMILES string of the molecule is NC1CCCN(C(=O)c2cc(-c3ccco3)on2)C1. The van der Waals surface area contributed by atoms with E-state index in [0.717, 1.165) is 19.4 Å². The van der Waals surface area contributed by atoms with Gasteiger partial charge in [-0.3, -0.25) is 4.79 Å². The van der Waals surface area contributed by atoms with E-state index in [1.54, 1.807) is 29.4 Å². The van der Waals surface area contributed by atoms with Gasteiger partial charge in [-0.1, -0.05) is 5.16 Å². The van der Waals surface area contributed by atoms with Crippen LogP contribution in [0.15, 0.2) is 33.4 Å². The fourth-order valence-corrected chi connectivity index (χ4v) is 2.27. The number of carbonyl (C=O) groups excluding carboxylic acids is 1. The van der Waals surface area contributed by atoms with Gasteiger partial charge in [0, 0.05) is 25.2 Å². The van der Waals surface area contributed by atoms with Crippen LogP contribution in [0.3, 0.4) is 0 Å². The van der Waals surface area contributed by atoms with Crippen molar-refractivity contribution in [3.05, 3.63) is 30.2 Å². The zero-order valence-electron chi connectivity index (χ0n) is 10.4. The van der Waals surface area contributed by atoms with Crippen LogP contribution in [0.2, 0.25) is 0 Å². The number of likely N-dealkylation sites (tertiary alicyclic amines) is 1. The smallest absolute Gasteiger partial charge is 0.276 e. The zero-order chi connectivity index (χ0) is 13.2. The molecule has 1 aliphatic heterocycles. The molecule has 2 N–H and O–H groups in total. The number of hydrogen-bond donors (Lipinski definition) is 1. The van der Waals surface area contributed by atoms with Crippen LogP contribution in [-0.4, -0.2) is 35.1 Å². The highest BCUT2D eigenvalue weighted by Crippen LogP contribution is 2.21. The van der Waals surface area contributed by atoms with Gasteiger partial charge in [0.25, 0.3) is 5.91 Å². The van der Waals surface area contributed by atoms with Crippen molar-refractivity contribution in [3.8, 4) is 11.5 Å². The van der Waals surface area contributed by atoms with E-state index in [4.69, 9.17) is 14.7 Å². The van der Waals surface area contributed by atoms with Crippen molar-refractivity contribution in [2.75, 3.05) is 13.1 Å². The van der Waals surface area contributed by atoms with Gasteiger partial charge >= 0.3 is 0 Å². The van der Waals surface area contributed by atoms with E-state index in [1.165, 1.54) is 0 Å². The minimum atomic E-state index is -0.142. The number of furan rings is 1. The average Bonchev–Trinajstić information content (AvgIpc) is 3.08. The topological polar surface area (TPSA) is 85.5 Å². The molecule has 2 aromatic heterocycles. The monoisotopic (exact) mass is 261 g/mol. The second-order valence-corrected chi connectivity index (χ2v) is 4.71. The molecule has 1 unspecified atom stereocenters. The van der Waals surface area contributed by atoms with Crippen molar-refractivity contribution >= 4 is 5.91 Å². The maximum atomic E-state index is 12.2. The second-order valence-electron chi connectivity index (χ2n) is 4.71. The highest BCUT2D eigenvalue weighted by Gasteiger charge is 2.25. The lowest BCUT2D eigenvalue weighted by Gasteiger charge is -2.29. The van der Waals surface area contributed by atoms with Crippen molar-refractivity contribution in [3.63, 3.8) is 0 Å². The van der Waals surface area contributed by atoms with Gasteiger partial charge in [-0.25, -0.2) is 0 Å². The molecular weight excluding hydrogens is 246 g/mol. The number of carbonyl (C=O) groups is 1. The van der Waals surface area contributed by atoms with E-state index < -0.39 is 0 Å². The van der Waals surface area contributed by atoms with Crippen LogP contribution in [0.1, 0.15) is 23.3 Å². The third kappa shape index (κ3) is 2.39. The van der Waals surface area contributed by atoms with Crippen LogP contribution in [0.25, 0.3) is 11.5 Å². The molecule has 0 aromatic carbocycles. The Bertz CT molecular complexity index is 561. The maximum Gasteiger partial charge on any atom is 0.276 e. The number of hydrogen-bond acceptors (Lipinski definition) is 5. The molecule has 1 atom stereocenters. The molecule has 0 aliphatic carbocycles. The molecule has 1 aliphatic rings. The molecule has 1 saturated heterocycles. The minimum absolute atomic E-state index is 0.0501. The molecule has 2 aromatic rings. The Labute approximate surface area is 110 Å². The summed E-state index contributed by atoms with van der Waals surface area (Å²) in [5, 5.41) is 3.81. The largest absolute Gasteiger partial charge is 0.461 e. The number of nitrogens with two attached hydrogens (primary N) is 1. The summed E-state index contributed by atoms with van der Waals surface area (Å²) in [6.45, 7) is 1.29. The van der Waals surface area contributed by atoms with Crippen LogP contribution in [0.4, 0.5) is 0 Å². The van der Waals surface area contributed by atoms with Gasteiger partial charge in [-0.15, -0.1) is 0 Å². The summed E-state index contributed by atoms with van der Waals surface area (Å²) in [5.74, 6) is 0.869. The van der Waals surface area contributed by atoms with Crippen molar-refractivity contribution < 1.29 is 13.7 Å². The van der Waals surface area contributed by atoms with Crippen molar-refractivity contribution in [2.45, 2.75) is 18.9 Å².